The molecule has 2 aromatic rings. The molecule has 4 heteroatoms. The molecule has 0 fully saturated rings. The van der Waals surface area contributed by atoms with Gasteiger partial charge in [-0.3, -0.25) is 4.68 Å². The van der Waals surface area contributed by atoms with Crippen LogP contribution in [0.5, 0.6) is 0 Å². The number of rotatable bonds is 6. The summed E-state index contributed by atoms with van der Waals surface area (Å²) in [7, 11) is 3.90. The van der Waals surface area contributed by atoms with E-state index < -0.39 is 0 Å². The standard InChI is InChI=1S/C17H24ClN3/c1-12-5-7-14(8-6-12)9-10-15(19-3)11-16-13(2)20-21(4)17(16)18/h5-8,15,19H,9-11H2,1-4H3. The van der Waals surface area contributed by atoms with Gasteiger partial charge in [-0.05, 0) is 45.7 Å². The molecule has 0 aliphatic carbocycles. The van der Waals surface area contributed by atoms with E-state index in [1.807, 2.05) is 21.0 Å². The monoisotopic (exact) mass is 305 g/mol. The molecule has 3 nitrogen and oxygen atoms in total. The molecule has 0 saturated carbocycles. The van der Waals surface area contributed by atoms with Gasteiger partial charge >= 0.3 is 0 Å². The van der Waals surface area contributed by atoms with E-state index in [0.717, 1.165) is 35.7 Å². The number of halogens is 1. The van der Waals surface area contributed by atoms with Gasteiger partial charge < -0.3 is 5.32 Å². The third kappa shape index (κ3) is 4.08. The predicted octanol–water partition coefficient (Wildman–Crippen LogP) is 3.45. The van der Waals surface area contributed by atoms with Gasteiger partial charge in [0, 0.05) is 18.7 Å². The maximum absolute atomic E-state index is 6.32. The lowest BCUT2D eigenvalue weighted by atomic mass is 9.99. The second-order valence-electron chi connectivity index (χ2n) is 5.69. The third-order valence-corrected chi connectivity index (χ3v) is 4.50. The quantitative estimate of drug-likeness (QED) is 0.886. The van der Waals surface area contributed by atoms with Crippen LogP contribution >= 0.6 is 11.6 Å². The fraction of sp³-hybridized carbons (Fsp3) is 0.471. The number of aromatic nitrogens is 2. The van der Waals surface area contributed by atoms with E-state index in [0.29, 0.717) is 6.04 Å². The Morgan fingerprint density at radius 2 is 1.90 bits per heavy atom. The van der Waals surface area contributed by atoms with Crippen LogP contribution in [-0.2, 0) is 19.9 Å². The summed E-state index contributed by atoms with van der Waals surface area (Å²) >= 11 is 6.32. The normalized spacial score (nSPS) is 12.6. The molecule has 2 rings (SSSR count). The topological polar surface area (TPSA) is 29.9 Å². The molecular formula is C17H24ClN3. The zero-order chi connectivity index (χ0) is 15.4. The minimum absolute atomic E-state index is 0.409. The van der Waals surface area contributed by atoms with Crippen molar-refractivity contribution in [2.45, 2.75) is 39.2 Å². The summed E-state index contributed by atoms with van der Waals surface area (Å²) in [4.78, 5) is 0. The molecular weight excluding hydrogens is 282 g/mol. The van der Waals surface area contributed by atoms with E-state index in [1.54, 1.807) is 4.68 Å². The Labute approximate surface area is 132 Å². The molecule has 0 saturated heterocycles. The van der Waals surface area contributed by atoms with Gasteiger partial charge in [0.1, 0.15) is 5.15 Å². The van der Waals surface area contributed by atoms with Crippen molar-refractivity contribution in [1.29, 1.82) is 0 Å². The molecule has 1 N–H and O–H groups in total. The van der Waals surface area contributed by atoms with E-state index in [9.17, 15) is 0 Å². The smallest absolute Gasteiger partial charge is 0.130 e. The molecule has 0 aliphatic rings. The van der Waals surface area contributed by atoms with Crippen molar-refractivity contribution in [3.05, 3.63) is 51.8 Å². The maximum Gasteiger partial charge on any atom is 0.130 e. The zero-order valence-corrected chi connectivity index (χ0v) is 14.0. The van der Waals surface area contributed by atoms with Crippen molar-refractivity contribution in [3.63, 3.8) is 0 Å². The third-order valence-electron chi connectivity index (χ3n) is 4.03. The van der Waals surface area contributed by atoms with E-state index in [2.05, 4.69) is 41.6 Å². The first-order valence-corrected chi connectivity index (χ1v) is 7.80. The first kappa shape index (κ1) is 16.1. The molecule has 114 valence electrons. The van der Waals surface area contributed by atoms with E-state index in [1.165, 1.54) is 11.1 Å². The molecule has 0 spiro atoms. The summed E-state index contributed by atoms with van der Waals surface area (Å²) in [6.45, 7) is 4.14. The average Bonchev–Trinajstić information content (AvgIpc) is 2.71. The van der Waals surface area contributed by atoms with Crippen LogP contribution in [0.2, 0.25) is 5.15 Å². The Kier molecular flexibility index (Phi) is 5.43. The van der Waals surface area contributed by atoms with Crippen LogP contribution in [0.15, 0.2) is 24.3 Å². The number of nitrogens with one attached hydrogen (secondary N) is 1. The van der Waals surface area contributed by atoms with Crippen LogP contribution < -0.4 is 5.32 Å². The Morgan fingerprint density at radius 3 is 2.43 bits per heavy atom. The lowest BCUT2D eigenvalue weighted by molar-refractivity contribution is 0.519. The number of hydrogen-bond donors (Lipinski definition) is 1. The molecule has 0 amide bonds. The summed E-state index contributed by atoms with van der Waals surface area (Å²) in [5, 5.41) is 8.54. The minimum Gasteiger partial charge on any atom is -0.317 e. The van der Waals surface area contributed by atoms with Crippen molar-refractivity contribution in [1.82, 2.24) is 15.1 Å². The second kappa shape index (κ2) is 7.10. The largest absolute Gasteiger partial charge is 0.317 e. The highest BCUT2D eigenvalue weighted by atomic mass is 35.5. The van der Waals surface area contributed by atoms with Gasteiger partial charge in [0.15, 0.2) is 0 Å². The SMILES string of the molecule is CNC(CCc1ccc(C)cc1)Cc1c(C)nn(C)c1Cl. The number of hydrogen-bond acceptors (Lipinski definition) is 2. The molecule has 0 bridgehead atoms. The predicted molar refractivity (Wildman–Crippen MR) is 89.0 cm³/mol. The summed E-state index contributed by atoms with van der Waals surface area (Å²) in [5.74, 6) is 0. The maximum atomic E-state index is 6.32. The van der Waals surface area contributed by atoms with Gasteiger partial charge in [-0.15, -0.1) is 0 Å². The van der Waals surface area contributed by atoms with Crippen LogP contribution in [0.3, 0.4) is 0 Å². The van der Waals surface area contributed by atoms with Gasteiger partial charge in [-0.25, -0.2) is 0 Å². The zero-order valence-electron chi connectivity index (χ0n) is 13.3. The first-order valence-electron chi connectivity index (χ1n) is 7.42. The van der Waals surface area contributed by atoms with E-state index >= 15 is 0 Å². The molecule has 1 unspecified atom stereocenters. The number of benzene rings is 1. The van der Waals surface area contributed by atoms with Crippen molar-refractivity contribution in [2.75, 3.05) is 7.05 Å². The molecule has 1 heterocycles. The summed E-state index contributed by atoms with van der Waals surface area (Å²) in [6.07, 6.45) is 3.08. The summed E-state index contributed by atoms with van der Waals surface area (Å²) < 4.78 is 1.75. The van der Waals surface area contributed by atoms with Crippen molar-refractivity contribution >= 4 is 11.6 Å². The molecule has 0 radical (unpaired) electrons. The lowest BCUT2D eigenvalue weighted by Crippen LogP contribution is -2.28. The average molecular weight is 306 g/mol. The Balaban J connectivity index is 1.98. The van der Waals surface area contributed by atoms with Gasteiger partial charge in [0.25, 0.3) is 0 Å². The molecule has 21 heavy (non-hydrogen) atoms. The Morgan fingerprint density at radius 1 is 1.24 bits per heavy atom. The number of nitrogens with zero attached hydrogens (tertiary/aromatic N) is 2. The van der Waals surface area contributed by atoms with Crippen LogP contribution in [0.25, 0.3) is 0 Å². The molecule has 1 aromatic carbocycles. The van der Waals surface area contributed by atoms with Crippen LogP contribution in [0, 0.1) is 13.8 Å². The van der Waals surface area contributed by atoms with E-state index in [4.69, 9.17) is 11.6 Å². The van der Waals surface area contributed by atoms with Gasteiger partial charge in [0.2, 0.25) is 0 Å². The second-order valence-corrected chi connectivity index (χ2v) is 6.05. The van der Waals surface area contributed by atoms with Gasteiger partial charge in [-0.2, -0.15) is 5.10 Å². The lowest BCUT2D eigenvalue weighted by Gasteiger charge is -2.16. The highest BCUT2D eigenvalue weighted by Crippen LogP contribution is 2.21. The van der Waals surface area contributed by atoms with Crippen LogP contribution in [-0.4, -0.2) is 22.9 Å². The van der Waals surface area contributed by atoms with Gasteiger partial charge in [0.05, 0.1) is 5.69 Å². The Hall–Kier alpha value is -1.32. The molecule has 1 aromatic heterocycles. The first-order chi connectivity index (χ1) is 10.0. The van der Waals surface area contributed by atoms with Crippen molar-refractivity contribution < 1.29 is 0 Å². The number of aryl methyl sites for hydroxylation is 4. The number of likely N-dealkylation sites (N-methyl/N-ethyl adjacent to an activating group) is 1. The van der Waals surface area contributed by atoms with Gasteiger partial charge in [-0.1, -0.05) is 41.4 Å². The molecule has 1 atom stereocenters. The fourth-order valence-electron chi connectivity index (χ4n) is 2.60. The van der Waals surface area contributed by atoms with Crippen molar-refractivity contribution in [3.8, 4) is 0 Å². The summed E-state index contributed by atoms with van der Waals surface area (Å²) in [6, 6.07) is 9.18. The van der Waals surface area contributed by atoms with Crippen LogP contribution in [0.1, 0.15) is 28.8 Å². The van der Waals surface area contributed by atoms with Crippen molar-refractivity contribution in [2.24, 2.45) is 7.05 Å². The van der Waals surface area contributed by atoms with Crippen LogP contribution in [0.4, 0.5) is 0 Å². The fourth-order valence-corrected chi connectivity index (χ4v) is 2.85. The van der Waals surface area contributed by atoms with E-state index in [-0.39, 0.29) is 0 Å². The minimum atomic E-state index is 0.409. The summed E-state index contributed by atoms with van der Waals surface area (Å²) in [5.41, 5.74) is 4.87. The highest BCUT2D eigenvalue weighted by Gasteiger charge is 2.16. The highest BCUT2D eigenvalue weighted by molar-refractivity contribution is 6.30. The Bertz CT molecular complexity index is 587. The molecule has 0 aliphatic heterocycles.